The Hall–Kier alpha value is -1.07. The Morgan fingerprint density at radius 2 is 2.33 bits per heavy atom. The fraction of sp³-hybridized carbons (Fsp3) is 0.733. The first-order valence-corrected chi connectivity index (χ1v) is 8.18. The third-order valence-electron chi connectivity index (χ3n) is 3.90. The van der Waals surface area contributed by atoms with Crippen LogP contribution in [0.4, 0.5) is 5.69 Å². The van der Waals surface area contributed by atoms with E-state index in [1.165, 1.54) is 4.68 Å². The van der Waals surface area contributed by atoms with Crippen LogP contribution in [0.2, 0.25) is 5.02 Å². The number of anilines is 1. The van der Waals surface area contributed by atoms with Crippen LogP contribution in [0.1, 0.15) is 46.1 Å². The smallest absolute Gasteiger partial charge is 0.287 e. The van der Waals surface area contributed by atoms with Gasteiger partial charge in [0.2, 0.25) is 0 Å². The van der Waals surface area contributed by atoms with Gasteiger partial charge in [-0.2, -0.15) is 5.10 Å². The van der Waals surface area contributed by atoms with Crippen molar-refractivity contribution in [3.05, 3.63) is 21.6 Å². The highest BCUT2D eigenvalue weighted by Gasteiger charge is 2.24. The van der Waals surface area contributed by atoms with Crippen LogP contribution in [0.15, 0.2) is 11.0 Å². The largest absolute Gasteiger partial charge is 0.365 e. The van der Waals surface area contributed by atoms with Gasteiger partial charge in [-0.25, -0.2) is 4.68 Å². The lowest BCUT2D eigenvalue weighted by atomic mass is 10.0. The third kappa shape index (κ3) is 3.58. The van der Waals surface area contributed by atoms with E-state index < -0.39 is 0 Å². The van der Waals surface area contributed by atoms with Crippen LogP contribution in [0.25, 0.3) is 0 Å². The zero-order valence-electron chi connectivity index (χ0n) is 13.1. The number of rotatable bonds is 5. The first-order valence-electron chi connectivity index (χ1n) is 7.81. The van der Waals surface area contributed by atoms with E-state index in [4.69, 9.17) is 11.6 Å². The number of halogens is 1. The van der Waals surface area contributed by atoms with Crippen LogP contribution >= 0.6 is 11.6 Å². The van der Waals surface area contributed by atoms with Gasteiger partial charge in [0.25, 0.3) is 5.56 Å². The van der Waals surface area contributed by atoms with Crippen LogP contribution in [0.3, 0.4) is 0 Å². The molecule has 6 heteroatoms. The summed E-state index contributed by atoms with van der Waals surface area (Å²) < 4.78 is 1.44. The lowest BCUT2D eigenvalue weighted by Gasteiger charge is -2.36. The van der Waals surface area contributed by atoms with Crippen LogP contribution < -0.4 is 15.8 Å². The number of piperidine rings is 1. The van der Waals surface area contributed by atoms with E-state index >= 15 is 0 Å². The molecule has 1 saturated heterocycles. The fourth-order valence-corrected chi connectivity index (χ4v) is 3.09. The van der Waals surface area contributed by atoms with Gasteiger partial charge in [0.1, 0.15) is 5.02 Å². The first kappa shape index (κ1) is 16.3. The molecule has 1 fully saturated rings. The lowest BCUT2D eigenvalue weighted by molar-refractivity contribution is 0.429. The van der Waals surface area contributed by atoms with Crippen molar-refractivity contribution in [2.24, 2.45) is 0 Å². The van der Waals surface area contributed by atoms with Crippen molar-refractivity contribution in [1.29, 1.82) is 0 Å². The van der Waals surface area contributed by atoms with E-state index in [9.17, 15) is 4.79 Å². The molecule has 118 valence electrons. The fourth-order valence-electron chi connectivity index (χ4n) is 2.84. The standard InChI is InChI=1S/C15H25ClN4O/c1-4-8-19(12-6-5-7-17-9-12)13-10-18-20(11(2)3)15(21)14(13)16/h10-12,17H,4-9H2,1-3H3. The molecule has 0 aromatic carbocycles. The molecule has 1 N–H and O–H groups in total. The molecule has 1 aliphatic rings. The van der Waals surface area contributed by atoms with Crippen molar-refractivity contribution in [2.75, 3.05) is 24.5 Å². The van der Waals surface area contributed by atoms with Gasteiger partial charge < -0.3 is 10.2 Å². The van der Waals surface area contributed by atoms with Gasteiger partial charge in [0.05, 0.1) is 17.9 Å². The summed E-state index contributed by atoms with van der Waals surface area (Å²) in [5, 5.41) is 8.00. The molecular formula is C15H25ClN4O. The molecular weight excluding hydrogens is 288 g/mol. The van der Waals surface area contributed by atoms with Gasteiger partial charge in [0, 0.05) is 19.1 Å². The molecule has 0 spiro atoms. The van der Waals surface area contributed by atoms with E-state index in [0.29, 0.717) is 6.04 Å². The first-order chi connectivity index (χ1) is 10.1. The van der Waals surface area contributed by atoms with Crippen LogP contribution in [0, 0.1) is 0 Å². The molecule has 1 aromatic rings. The number of nitrogens with one attached hydrogen (secondary N) is 1. The van der Waals surface area contributed by atoms with E-state index in [0.717, 1.165) is 44.6 Å². The van der Waals surface area contributed by atoms with E-state index in [1.807, 2.05) is 13.8 Å². The minimum absolute atomic E-state index is 0.0139. The Morgan fingerprint density at radius 1 is 1.57 bits per heavy atom. The number of hydrogen-bond donors (Lipinski definition) is 1. The summed E-state index contributed by atoms with van der Waals surface area (Å²) in [6, 6.07) is 0.396. The molecule has 0 amide bonds. The predicted molar refractivity (Wildman–Crippen MR) is 87.4 cm³/mol. The summed E-state index contributed by atoms with van der Waals surface area (Å²) in [5.74, 6) is 0. The van der Waals surface area contributed by atoms with Gasteiger partial charge in [-0.3, -0.25) is 4.79 Å². The SMILES string of the molecule is CCCN(c1cnn(C(C)C)c(=O)c1Cl)C1CCCNC1. The molecule has 1 aliphatic heterocycles. The summed E-state index contributed by atoms with van der Waals surface area (Å²) in [5.41, 5.74) is 0.572. The van der Waals surface area contributed by atoms with Gasteiger partial charge in [0.15, 0.2) is 0 Å². The Morgan fingerprint density at radius 3 is 2.90 bits per heavy atom. The number of aromatic nitrogens is 2. The Labute approximate surface area is 131 Å². The quantitative estimate of drug-likeness (QED) is 0.907. The van der Waals surface area contributed by atoms with E-state index in [-0.39, 0.29) is 16.6 Å². The minimum Gasteiger partial charge on any atom is -0.365 e. The van der Waals surface area contributed by atoms with Crippen molar-refractivity contribution in [3.63, 3.8) is 0 Å². The summed E-state index contributed by atoms with van der Waals surface area (Å²) >= 11 is 6.36. The molecule has 2 heterocycles. The van der Waals surface area contributed by atoms with Crippen LogP contribution in [-0.4, -0.2) is 35.5 Å². The van der Waals surface area contributed by atoms with Gasteiger partial charge >= 0.3 is 0 Å². The van der Waals surface area contributed by atoms with Crippen molar-refractivity contribution in [2.45, 2.75) is 52.1 Å². The zero-order chi connectivity index (χ0) is 15.4. The molecule has 1 atom stereocenters. The summed E-state index contributed by atoms with van der Waals surface area (Å²) in [7, 11) is 0. The molecule has 5 nitrogen and oxygen atoms in total. The molecule has 2 rings (SSSR count). The second-order valence-electron chi connectivity index (χ2n) is 5.88. The topological polar surface area (TPSA) is 50.2 Å². The normalized spacial score (nSPS) is 19.0. The molecule has 1 aromatic heterocycles. The summed E-state index contributed by atoms with van der Waals surface area (Å²) in [6.45, 7) is 8.89. The summed E-state index contributed by atoms with van der Waals surface area (Å²) in [4.78, 5) is 14.6. The van der Waals surface area contributed by atoms with Gasteiger partial charge in [-0.1, -0.05) is 18.5 Å². The highest BCUT2D eigenvalue weighted by molar-refractivity contribution is 6.33. The number of hydrogen-bond acceptors (Lipinski definition) is 4. The Balaban J connectivity index is 2.36. The summed E-state index contributed by atoms with van der Waals surface area (Å²) in [6.07, 6.45) is 5.03. The average Bonchev–Trinajstić information content (AvgIpc) is 2.48. The monoisotopic (exact) mass is 312 g/mol. The van der Waals surface area contributed by atoms with Gasteiger partial charge in [-0.15, -0.1) is 0 Å². The maximum absolute atomic E-state index is 12.3. The Kier molecular flexibility index (Phi) is 5.65. The van der Waals surface area contributed by atoms with Gasteiger partial charge in [-0.05, 0) is 39.7 Å². The maximum Gasteiger partial charge on any atom is 0.287 e. The molecule has 0 radical (unpaired) electrons. The highest BCUT2D eigenvalue weighted by Crippen LogP contribution is 2.26. The van der Waals surface area contributed by atoms with E-state index in [1.54, 1.807) is 6.20 Å². The highest BCUT2D eigenvalue weighted by atomic mass is 35.5. The molecule has 21 heavy (non-hydrogen) atoms. The molecule has 0 aliphatic carbocycles. The van der Waals surface area contributed by atoms with Crippen molar-refractivity contribution >= 4 is 17.3 Å². The third-order valence-corrected chi connectivity index (χ3v) is 4.26. The van der Waals surface area contributed by atoms with Crippen molar-refractivity contribution < 1.29 is 0 Å². The maximum atomic E-state index is 12.3. The van der Waals surface area contributed by atoms with Crippen LogP contribution in [-0.2, 0) is 0 Å². The minimum atomic E-state index is -0.200. The van der Waals surface area contributed by atoms with Crippen LogP contribution in [0.5, 0.6) is 0 Å². The van der Waals surface area contributed by atoms with Crippen molar-refractivity contribution in [1.82, 2.24) is 15.1 Å². The number of nitrogens with zero attached hydrogens (tertiary/aromatic N) is 3. The van der Waals surface area contributed by atoms with Crippen molar-refractivity contribution in [3.8, 4) is 0 Å². The predicted octanol–water partition coefficient (Wildman–Crippen LogP) is 2.45. The van der Waals surface area contributed by atoms with E-state index in [2.05, 4.69) is 22.2 Å². The molecule has 0 saturated carbocycles. The molecule has 0 bridgehead atoms. The lowest BCUT2D eigenvalue weighted by Crippen LogP contribution is -2.47. The Bertz CT molecular complexity index is 523. The zero-order valence-corrected chi connectivity index (χ0v) is 13.9. The average molecular weight is 313 g/mol. The second kappa shape index (κ2) is 7.27. The second-order valence-corrected chi connectivity index (χ2v) is 6.26. The molecule has 1 unspecified atom stereocenters.